The van der Waals surface area contributed by atoms with Crippen molar-refractivity contribution in [3.8, 4) is 5.75 Å². The molecule has 2 aliphatic rings. The van der Waals surface area contributed by atoms with Crippen LogP contribution in [0.4, 0.5) is 0 Å². The van der Waals surface area contributed by atoms with E-state index in [1.807, 2.05) is 18.2 Å². The molecule has 9 nitrogen and oxygen atoms in total. The predicted octanol–water partition coefficient (Wildman–Crippen LogP) is 1.36. The maximum Gasteiger partial charge on any atom is 0.335 e. The van der Waals surface area contributed by atoms with Crippen LogP contribution in [-0.4, -0.2) is 75.2 Å². The maximum atomic E-state index is 11.4. The van der Waals surface area contributed by atoms with Crippen LogP contribution in [0.15, 0.2) is 53.3 Å². The van der Waals surface area contributed by atoms with Gasteiger partial charge in [0, 0.05) is 30.1 Å². The van der Waals surface area contributed by atoms with Crippen LogP contribution in [0.1, 0.15) is 35.6 Å². The third-order valence-electron chi connectivity index (χ3n) is 5.89. The summed E-state index contributed by atoms with van der Waals surface area (Å²) in [5.41, 5.74) is 4.05. The van der Waals surface area contributed by atoms with E-state index in [0.717, 1.165) is 41.8 Å². The van der Waals surface area contributed by atoms with Crippen LogP contribution in [-0.2, 0) is 9.53 Å². The number of carbonyl (C=O) groups is 1. The number of hydrogen-bond donors (Lipinski definition) is 4. The third kappa shape index (κ3) is 4.67. The van der Waals surface area contributed by atoms with E-state index >= 15 is 0 Å². The topological polar surface area (TPSA) is 142 Å². The number of carboxylic acid groups (broad SMARTS) is 1. The number of aliphatic imine (C=N–C) groups is 1. The standard InChI is InChI=1S/C24H26N2O7/c1-32-17-11-15(22-20(28)19(27)21(29)23(33-22)24(30)31)7-6-13(17)10-14-4-3-9-26-18(14)16-5-2-8-25-12-16/h2,5-8,10-12,19-23,27-29H,3-4,9H2,1H3,(H,30,31)/b14-10+/t19-,20-,21+,22+,23+/m1/s1. The second kappa shape index (κ2) is 9.80. The summed E-state index contributed by atoms with van der Waals surface area (Å²) in [5, 5.41) is 39.8. The third-order valence-corrected chi connectivity index (χ3v) is 5.89. The highest BCUT2D eigenvalue weighted by Crippen LogP contribution is 2.36. The van der Waals surface area contributed by atoms with Gasteiger partial charge in [0.1, 0.15) is 30.2 Å². The summed E-state index contributed by atoms with van der Waals surface area (Å²) in [7, 11) is 1.51. The van der Waals surface area contributed by atoms with E-state index in [9.17, 15) is 25.2 Å². The number of rotatable bonds is 5. The van der Waals surface area contributed by atoms with Crippen molar-refractivity contribution in [1.29, 1.82) is 0 Å². The highest BCUT2D eigenvalue weighted by atomic mass is 16.6. The Morgan fingerprint density at radius 2 is 2.00 bits per heavy atom. The number of hydrogen-bond acceptors (Lipinski definition) is 8. The molecule has 0 amide bonds. The Hall–Kier alpha value is -3.11. The zero-order valence-electron chi connectivity index (χ0n) is 18.0. The first-order valence-corrected chi connectivity index (χ1v) is 10.7. The fourth-order valence-electron chi connectivity index (χ4n) is 4.17. The van der Waals surface area contributed by atoms with Crippen LogP contribution in [0.25, 0.3) is 6.08 Å². The molecular weight excluding hydrogens is 428 g/mol. The van der Waals surface area contributed by atoms with Crippen molar-refractivity contribution in [2.75, 3.05) is 13.7 Å². The molecule has 0 radical (unpaired) electrons. The van der Waals surface area contributed by atoms with Crippen molar-refractivity contribution in [2.45, 2.75) is 43.4 Å². The molecule has 4 rings (SSSR count). The van der Waals surface area contributed by atoms with Gasteiger partial charge in [-0.3, -0.25) is 9.98 Å². The lowest BCUT2D eigenvalue weighted by molar-refractivity contribution is -0.229. The van der Waals surface area contributed by atoms with Crippen LogP contribution in [0.5, 0.6) is 5.75 Å². The maximum absolute atomic E-state index is 11.4. The van der Waals surface area contributed by atoms with Crippen molar-refractivity contribution in [3.05, 3.63) is 65.0 Å². The number of aliphatic hydroxyl groups excluding tert-OH is 3. The number of allylic oxidation sites excluding steroid dienone is 1. The average molecular weight is 454 g/mol. The molecule has 4 N–H and O–H groups in total. The van der Waals surface area contributed by atoms with Crippen LogP contribution in [0, 0.1) is 0 Å². The predicted molar refractivity (Wildman–Crippen MR) is 119 cm³/mol. The van der Waals surface area contributed by atoms with Crippen molar-refractivity contribution >= 4 is 17.8 Å². The van der Waals surface area contributed by atoms with Crippen LogP contribution in [0.2, 0.25) is 0 Å². The minimum Gasteiger partial charge on any atom is -0.496 e. The van der Waals surface area contributed by atoms with E-state index in [4.69, 9.17) is 9.47 Å². The van der Waals surface area contributed by atoms with E-state index in [1.165, 1.54) is 7.11 Å². The summed E-state index contributed by atoms with van der Waals surface area (Å²) in [6, 6.07) is 8.92. The zero-order valence-corrected chi connectivity index (χ0v) is 18.0. The summed E-state index contributed by atoms with van der Waals surface area (Å²) < 4.78 is 11.0. The van der Waals surface area contributed by atoms with Gasteiger partial charge in [0.25, 0.3) is 0 Å². The summed E-state index contributed by atoms with van der Waals surface area (Å²) in [5.74, 6) is -0.939. The molecule has 0 aliphatic carbocycles. The molecule has 5 atom stereocenters. The second-order valence-corrected chi connectivity index (χ2v) is 8.03. The smallest absolute Gasteiger partial charge is 0.335 e. The van der Waals surface area contributed by atoms with Gasteiger partial charge in [0.15, 0.2) is 6.10 Å². The van der Waals surface area contributed by atoms with Gasteiger partial charge < -0.3 is 29.9 Å². The van der Waals surface area contributed by atoms with E-state index in [2.05, 4.69) is 9.98 Å². The largest absolute Gasteiger partial charge is 0.496 e. The Morgan fingerprint density at radius 1 is 1.18 bits per heavy atom. The Labute approximate surface area is 190 Å². The molecule has 0 spiro atoms. The van der Waals surface area contributed by atoms with Gasteiger partial charge in [0.05, 0.1) is 12.8 Å². The number of aliphatic hydroxyl groups is 3. The second-order valence-electron chi connectivity index (χ2n) is 8.03. The Bertz CT molecular complexity index is 1070. The Kier molecular flexibility index (Phi) is 6.85. The van der Waals surface area contributed by atoms with Crippen LogP contribution in [0.3, 0.4) is 0 Å². The van der Waals surface area contributed by atoms with Gasteiger partial charge in [-0.1, -0.05) is 12.1 Å². The number of benzene rings is 1. The van der Waals surface area contributed by atoms with E-state index in [1.54, 1.807) is 30.6 Å². The minimum absolute atomic E-state index is 0.420. The number of aliphatic carboxylic acids is 1. The number of carboxylic acids is 1. The van der Waals surface area contributed by atoms with Gasteiger partial charge in [-0.25, -0.2) is 4.79 Å². The lowest BCUT2D eigenvalue weighted by atomic mass is 9.90. The van der Waals surface area contributed by atoms with Crippen LogP contribution >= 0.6 is 0 Å². The number of aromatic nitrogens is 1. The van der Waals surface area contributed by atoms with E-state index < -0.39 is 36.5 Å². The lowest BCUT2D eigenvalue weighted by Gasteiger charge is -2.39. The van der Waals surface area contributed by atoms with Crippen molar-refractivity contribution < 1.29 is 34.7 Å². The molecule has 0 saturated carbocycles. The molecule has 33 heavy (non-hydrogen) atoms. The Balaban J connectivity index is 1.67. The first-order valence-electron chi connectivity index (χ1n) is 10.7. The summed E-state index contributed by atoms with van der Waals surface area (Å²) in [6.07, 6.45) is -0.485. The molecule has 1 saturated heterocycles. The van der Waals surface area contributed by atoms with Crippen molar-refractivity contribution in [1.82, 2.24) is 4.98 Å². The molecule has 0 bridgehead atoms. The fourth-order valence-corrected chi connectivity index (χ4v) is 4.17. The summed E-state index contributed by atoms with van der Waals surface area (Å²) in [4.78, 5) is 20.3. The lowest BCUT2D eigenvalue weighted by Crippen LogP contribution is -2.56. The fraction of sp³-hybridized carbons (Fsp3) is 0.375. The van der Waals surface area contributed by atoms with Gasteiger partial charge in [-0.15, -0.1) is 0 Å². The van der Waals surface area contributed by atoms with Gasteiger partial charge in [-0.2, -0.15) is 0 Å². The van der Waals surface area contributed by atoms with Gasteiger partial charge in [0.2, 0.25) is 0 Å². The average Bonchev–Trinajstić information content (AvgIpc) is 2.84. The number of ether oxygens (including phenoxy) is 2. The first-order chi connectivity index (χ1) is 15.9. The van der Waals surface area contributed by atoms with Gasteiger partial charge in [-0.05, 0) is 48.3 Å². The Morgan fingerprint density at radius 3 is 2.70 bits per heavy atom. The molecule has 9 heteroatoms. The molecule has 174 valence electrons. The molecule has 1 aromatic heterocycles. The number of nitrogens with zero attached hydrogens (tertiary/aromatic N) is 2. The van der Waals surface area contributed by atoms with Crippen molar-refractivity contribution in [3.63, 3.8) is 0 Å². The molecule has 0 unspecified atom stereocenters. The molecular formula is C24H26N2O7. The SMILES string of the molecule is COc1cc([C@@H]2O[C@H](C(=O)O)[C@@H](O)[C@H](O)[C@H]2O)ccc1/C=C1\CCCN=C1c1cccnc1. The number of pyridine rings is 1. The van der Waals surface area contributed by atoms with E-state index in [0.29, 0.717) is 11.3 Å². The summed E-state index contributed by atoms with van der Waals surface area (Å²) >= 11 is 0. The molecule has 3 heterocycles. The molecule has 1 aromatic carbocycles. The van der Waals surface area contributed by atoms with Gasteiger partial charge >= 0.3 is 5.97 Å². The van der Waals surface area contributed by atoms with E-state index in [-0.39, 0.29) is 0 Å². The monoisotopic (exact) mass is 454 g/mol. The summed E-state index contributed by atoms with van der Waals surface area (Å²) in [6.45, 7) is 0.744. The quantitative estimate of drug-likeness (QED) is 0.531. The molecule has 1 fully saturated rings. The zero-order chi connectivity index (χ0) is 23.5. The van der Waals surface area contributed by atoms with Crippen molar-refractivity contribution in [2.24, 2.45) is 4.99 Å². The highest BCUT2D eigenvalue weighted by Gasteiger charge is 2.47. The highest BCUT2D eigenvalue weighted by molar-refractivity contribution is 6.15. The van der Waals surface area contributed by atoms with Crippen LogP contribution < -0.4 is 4.74 Å². The molecule has 2 aromatic rings. The normalized spacial score (nSPS) is 28.9. The minimum atomic E-state index is -1.74. The molecule has 2 aliphatic heterocycles. The first kappa shape index (κ1) is 23.1. The number of methoxy groups -OCH3 is 1.